The lowest BCUT2D eigenvalue weighted by Gasteiger charge is -2.30. The molecule has 0 fully saturated rings. The smallest absolute Gasteiger partial charge is 0.237 e. The minimum absolute atomic E-state index is 0.103. The second-order valence-corrected chi connectivity index (χ2v) is 10.7. The van der Waals surface area contributed by atoms with Crippen molar-refractivity contribution in [2.24, 2.45) is 0 Å². The van der Waals surface area contributed by atoms with Crippen LogP contribution in [0.15, 0.2) is 91.5 Å². The van der Waals surface area contributed by atoms with Crippen molar-refractivity contribution in [3.8, 4) is 16.9 Å². The van der Waals surface area contributed by atoms with E-state index in [4.69, 9.17) is 9.47 Å². The van der Waals surface area contributed by atoms with Crippen molar-refractivity contribution in [1.82, 2.24) is 19.8 Å². The van der Waals surface area contributed by atoms with E-state index in [9.17, 15) is 4.79 Å². The van der Waals surface area contributed by atoms with Crippen LogP contribution in [0.1, 0.15) is 36.1 Å². The highest BCUT2D eigenvalue weighted by Gasteiger charge is 2.21. The molecule has 2 bridgehead atoms. The summed E-state index contributed by atoms with van der Waals surface area (Å²) in [5, 5.41) is 0. The Hall–Kier alpha value is -4.07. The van der Waals surface area contributed by atoms with Crippen LogP contribution in [0.5, 0.6) is 5.75 Å². The number of fused-ring (bicyclic) bond motifs is 3. The summed E-state index contributed by atoms with van der Waals surface area (Å²) in [5.41, 5.74) is 6.62. The zero-order valence-electron chi connectivity index (χ0n) is 23.9. The molecule has 0 saturated carbocycles. The van der Waals surface area contributed by atoms with Crippen molar-refractivity contribution >= 4 is 5.91 Å². The molecular weight excluding hydrogens is 512 g/mol. The summed E-state index contributed by atoms with van der Waals surface area (Å²) >= 11 is 0. The van der Waals surface area contributed by atoms with E-state index in [0.717, 1.165) is 34.4 Å². The third-order valence-corrected chi connectivity index (χ3v) is 7.28. The van der Waals surface area contributed by atoms with Crippen LogP contribution in [-0.2, 0) is 29.0 Å². The van der Waals surface area contributed by atoms with Crippen LogP contribution in [0.2, 0.25) is 0 Å². The van der Waals surface area contributed by atoms with Gasteiger partial charge in [-0.05, 0) is 53.8 Å². The quantitative estimate of drug-likeness (QED) is 0.321. The number of aromatic nitrogens is 2. The average Bonchev–Trinajstić information content (AvgIpc) is 2.98. The zero-order chi connectivity index (χ0) is 28.4. The van der Waals surface area contributed by atoms with Gasteiger partial charge in [0.2, 0.25) is 5.91 Å². The van der Waals surface area contributed by atoms with E-state index < -0.39 is 0 Å². The van der Waals surface area contributed by atoms with Gasteiger partial charge in [0.05, 0.1) is 19.8 Å². The molecule has 0 N–H and O–H groups in total. The topological polar surface area (TPSA) is 67.8 Å². The lowest BCUT2D eigenvalue weighted by atomic mass is 9.98. The Morgan fingerprint density at radius 2 is 1.71 bits per heavy atom. The van der Waals surface area contributed by atoms with Crippen molar-refractivity contribution in [2.75, 3.05) is 32.9 Å². The number of nitrogens with zero attached hydrogens (tertiary/aromatic N) is 4. The van der Waals surface area contributed by atoms with Gasteiger partial charge in [-0.1, -0.05) is 60.7 Å². The molecule has 7 heteroatoms. The summed E-state index contributed by atoms with van der Waals surface area (Å²) < 4.78 is 12.1. The van der Waals surface area contributed by atoms with E-state index in [-0.39, 0.29) is 11.9 Å². The van der Waals surface area contributed by atoms with Gasteiger partial charge in [0.15, 0.2) is 0 Å². The Kier molecular flexibility index (Phi) is 9.73. The standard InChI is InChI=1S/C34H38N4O3/c1-26(2)38(23-27-7-4-3-5-8-27)34(39)24-37-13-14-40-15-16-41-33-12-11-30(32-20-35-25-36-21-32)19-31(33)18-28-9-6-10-29(17-28)22-37/h3-12,17,19-21,25-26H,13-16,18,22-24H2,1-2H3. The molecule has 3 aromatic carbocycles. The zero-order valence-corrected chi connectivity index (χ0v) is 23.9. The summed E-state index contributed by atoms with van der Waals surface area (Å²) in [6, 6.07) is 25.1. The predicted octanol–water partition coefficient (Wildman–Crippen LogP) is 5.38. The average molecular weight is 551 g/mol. The van der Waals surface area contributed by atoms with Gasteiger partial charge in [-0.2, -0.15) is 0 Å². The van der Waals surface area contributed by atoms with Crippen LogP contribution in [-0.4, -0.2) is 64.6 Å². The monoisotopic (exact) mass is 550 g/mol. The van der Waals surface area contributed by atoms with Crippen LogP contribution >= 0.6 is 0 Å². The third-order valence-electron chi connectivity index (χ3n) is 7.28. The molecule has 2 heterocycles. The summed E-state index contributed by atoms with van der Waals surface area (Å²) in [5.74, 6) is 0.979. The van der Waals surface area contributed by atoms with E-state index in [2.05, 4.69) is 71.2 Å². The molecule has 1 amide bonds. The number of rotatable bonds is 6. The number of benzene rings is 3. The number of hydrogen-bond acceptors (Lipinski definition) is 6. The molecule has 0 spiro atoms. The first-order valence-corrected chi connectivity index (χ1v) is 14.3. The van der Waals surface area contributed by atoms with Gasteiger partial charge < -0.3 is 14.4 Å². The molecule has 1 aromatic heterocycles. The van der Waals surface area contributed by atoms with Gasteiger partial charge in [0, 0.05) is 50.1 Å². The number of amides is 1. The van der Waals surface area contributed by atoms with Gasteiger partial charge in [-0.25, -0.2) is 9.97 Å². The van der Waals surface area contributed by atoms with Crippen molar-refractivity contribution in [2.45, 2.75) is 39.4 Å². The maximum absolute atomic E-state index is 13.6. The van der Waals surface area contributed by atoms with Crippen molar-refractivity contribution < 1.29 is 14.3 Å². The molecule has 0 saturated heterocycles. The Morgan fingerprint density at radius 1 is 0.902 bits per heavy atom. The first kappa shape index (κ1) is 28.5. The summed E-state index contributed by atoms with van der Waals surface area (Å²) in [4.78, 5) is 26.1. The van der Waals surface area contributed by atoms with Crippen LogP contribution < -0.4 is 4.74 Å². The van der Waals surface area contributed by atoms with Crippen LogP contribution in [0.4, 0.5) is 0 Å². The maximum atomic E-state index is 13.6. The fraction of sp³-hybridized carbons (Fsp3) is 0.324. The summed E-state index contributed by atoms with van der Waals surface area (Å²) in [6.07, 6.45) is 5.91. The Balaban J connectivity index is 1.35. The highest BCUT2D eigenvalue weighted by atomic mass is 16.5. The van der Waals surface area contributed by atoms with E-state index >= 15 is 0 Å². The normalized spacial score (nSPS) is 14.5. The molecule has 0 aliphatic carbocycles. The minimum atomic E-state index is 0.103. The third kappa shape index (κ3) is 7.99. The second kappa shape index (κ2) is 14.0. The largest absolute Gasteiger partial charge is 0.491 e. The van der Waals surface area contributed by atoms with Crippen molar-refractivity contribution in [1.29, 1.82) is 0 Å². The molecule has 41 heavy (non-hydrogen) atoms. The first-order chi connectivity index (χ1) is 20.0. The maximum Gasteiger partial charge on any atom is 0.237 e. The van der Waals surface area contributed by atoms with Crippen LogP contribution in [0, 0.1) is 0 Å². The molecule has 1 aliphatic rings. The number of hydrogen-bond donors (Lipinski definition) is 0. The Morgan fingerprint density at radius 3 is 2.51 bits per heavy atom. The Labute approximate surface area is 242 Å². The van der Waals surface area contributed by atoms with Crippen LogP contribution in [0.25, 0.3) is 11.1 Å². The highest BCUT2D eigenvalue weighted by Crippen LogP contribution is 2.28. The predicted molar refractivity (Wildman–Crippen MR) is 160 cm³/mol. The molecule has 0 unspecified atom stereocenters. The van der Waals surface area contributed by atoms with E-state index in [1.165, 1.54) is 17.5 Å². The van der Waals surface area contributed by atoms with E-state index in [1.54, 1.807) is 0 Å². The molecule has 0 atom stereocenters. The van der Waals surface area contributed by atoms with Gasteiger partial charge in [0.25, 0.3) is 0 Å². The number of carbonyl (C=O) groups excluding carboxylic acids is 1. The van der Waals surface area contributed by atoms with Crippen LogP contribution in [0.3, 0.4) is 0 Å². The Bertz CT molecular complexity index is 1410. The summed E-state index contributed by atoms with van der Waals surface area (Å²) in [6.45, 7) is 7.87. The summed E-state index contributed by atoms with van der Waals surface area (Å²) in [7, 11) is 0. The fourth-order valence-corrected chi connectivity index (χ4v) is 5.14. The molecule has 0 radical (unpaired) electrons. The number of ether oxygens (including phenoxy) is 2. The molecule has 1 aliphatic heterocycles. The molecule has 4 aromatic rings. The SMILES string of the molecule is CC(C)N(Cc1ccccc1)C(=O)CN1CCOCCOc2ccc(-c3cncnc3)cc2Cc2cccc(c2)C1. The molecule has 5 rings (SSSR count). The lowest BCUT2D eigenvalue weighted by Crippen LogP contribution is -2.44. The highest BCUT2D eigenvalue weighted by molar-refractivity contribution is 5.78. The van der Waals surface area contributed by atoms with E-state index in [0.29, 0.717) is 46.0 Å². The minimum Gasteiger partial charge on any atom is -0.491 e. The molecule has 212 valence electrons. The first-order valence-electron chi connectivity index (χ1n) is 14.3. The van der Waals surface area contributed by atoms with Crippen molar-refractivity contribution in [3.63, 3.8) is 0 Å². The fourth-order valence-electron chi connectivity index (χ4n) is 5.14. The molecule has 7 nitrogen and oxygen atoms in total. The second-order valence-electron chi connectivity index (χ2n) is 10.7. The number of carbonyl (C=O) groups is 1. The lowest BCUT2D eigenvalue weighted by molar-refractivity contribution is -0.135. The van der Waals surface area contributed by atoms with Gasteiger partial charge in [-0.3, -0.25) is 9.69 Å². The van der Waals surface area contributed by atoms with E-state index in [1.807, 2.05) is 47.6 Å². The van der Waals surface area contributed by atoms with Gasteiger partial charge in [-0.15, -0.1) is 0 Å². The molecular formula is C34H38N4O3. The van der Waals surface area contributed by atoms with Gasteiger partial charge in [0.1, 0.15) is 18.7 Å². The van der Waals surface area contributed by atoms with Gasteiger partial charge >= 0.3 is 0 Å². The van der Waals surface area contributed by atoms with Crippen molar-refractivity contribution in [3.05, 3.63) is 114 Å².